The molecule has 0 saturated heterocycles. The first kappa shape index (κ1) is 16.6. The molecular formula is C16H21N3O2. The van der Waals surface area contributed by atoms with E-state index in [9.17, 15) is 9.59 Å². The summed E-state index contributed by atoms with van der Waals surface area (Å²) in [6, 6.07) is 9.10. The van der Waals surface area contributed by atoms with Crippen molar-refractivity contribution in [1.82, 2.24) is 10.2 Å². The zero-order valence-electron chi connectivity index (χ0n) is 12.8. The van der Waals surface area contributed by atoms with Gasteiger partial charge in [0.25, 0.3) is 5.91 Å². The van der Waals surface area contributed by atoms with Crippen LogP contribution in [0.2, 0.25) is 0 Å². The van der Waals surface area contributed by atoms with Crippen molar-refractivity contribution in [2.45, 2.75) is 26.8 Å². The number of nitrogens with zero attached hydrogens (tertiary/aromatic N) is 2. The number of amides is 2. The molecule has 0 aliphatic rings. The predicted molar refractivity (Wildman–Crippen MR) is 84.1 cm³/mol. The summed E-state index contributed by atoms with van der Waals surface area (Å²) in [6.07, 6.45) is 2.27. The van der Waals surface area contributed by atoms with Crippen molar-refractivity contribution in [3.63, 3.8) is 0 Å². The van der Waals surface area contributed by atoms with Crippen molar-refractivity contribution in [2.75, 3.05) is 7.05 Å². The fourth-order valence-electron chi connectivity index (χ4n) is 1.57. The van der Waals surface area contributed by atoms with Crippen LogP contribution in [0.3, 0.4) is 0 Å². The molecule has 2 amide bonds. The van der Waals surface area contributed by atoms with Gasteiger partial charge in [-0.2, -0.15) is 4.99 Å². The summed E-state index contributed by atoms with van der Waals surface area (Å²) in [5, 5.41) is 2.66. The molecule has 5 nitrogen and oxygen atoms in total. The lowest BCUT2D eigenvalue weighted by atomic mass is 10.2. The zero-order chi connectivity index (χ0) is 15.8. The normalized spacial score (nSPS) is 12.2. The smallest absolute Gasteiger partial charge is 0.256 e. The van der Waals surface area contributed by atoms with Crippen LogP contribution < -0.4 is 5.32 Å². The minimum Gasteiger partial charge on any atom is -0.378 e. The molecule has 21 heavy (non-hydrogen) atoms. The van der Waals surface area contributed by atoms with Gasteiger partial charge >= 0.3 is 0 Å². The molecule has 0 atom stereocenters. The van der Waals surface area contributed by atoms with Crippen LogP contribution >= 0.6 is 0 Å². The molecule has 0 aliphatic carbocycles. The van der Waals surface area contributed by atoms with E-state index in [1.165, 1.54) is 0 Å². The van der Waals surface area contributed by atoms with Crippen LogP contribution in [-0.4, -0.2) is 36.1 Å². The Morgan fingerprint density at radius 1 is 1.29 bits per heavy atom. The summed E-state index contributed by atoms with van der Waals surface area (Å²) in [7, 11) is 1.92. The zero-order valence-corrected chi connectivity index (χ0v) is 12.8. The van der Waals surface area contributed by atoms with Crippen LogP contribution in [0.25, 0.3) is 0 Å². The number of nitrogens with one attached hydrogen (secondary N) is 1. The minimum absolute atomic E-state index is 0.256. The number of amidine groups is 1. The monoisotopic (exact) mass is 287 g/mol. The van der Waals surface area contributed by atoms with Crippen molar-refractivity contribution >= 4 is 18.2 Å². The Bertz CT molecular complexity index is 548. The average molecular weight is 287 g/mol. The maximum Gasteiger partial charge on any atom is 0.256 e. The number of hydrogen-bond donors (Lipinski definition) is 1. The van der Waals surface area contributed by atoms with Crippen LogP contribution in [0, 0.1) is 0 Å². The van der Waals surface area contributed by atoms with Gasteiger partial charge in [-0.3, -0.25) is 9.59 Å². The molecule has 0 spiro atoms. The van der Waals surface area contributed by atoms with Gasteiger partial charge in [0, 0.05) is 30.4 Å². The van der Waals surface area contributed by atoms with Crippen LogP contribution in [0.1, 0.15) is 31.1 Å². The van der Waals surface area contributed by atoms with Gasteiger partial charge in [-0.25, -0.2) is 0 Å². The number of rotatable bonds is 5. The van der Waals surface area contributed by atoms with E-state index in [0.29, 0.717) is 23.6 Å². The van der Waals surface area contributed by atoms with Gasteiger partial charge in [0.15, 0.2) is 0 Å². The molecule has 112 valence electrons. The van der Waals surface area contributed by atoms with Crippen molar-refractivity contribution in [3.8, 4) is 0 Å². The second-order valence-electron chi connectivity index (χ2n) is 4.97. The average Bonchev–Trinajstić information content (AvgIpc) is 2.47. The highest BCUT2D eigenvalue weighted by Crippen LogP contribution is 2.04. The van der Waals surface area contributed by atoms with E-state index in [0.717, 1.165) is 0 Å². The van der Waals surface area contributed by atoms with Crippen molar-refractivity contribution in [3.05, 3.63) is 47.7 Å². The molecule has 0 radical (unpaired) electrons. The van der Waals surface area contributed by atoms with E-state index in [4.69, 9.17) is 0 Å². The maximum atomic E-state index is 12.1. The Balaban J connectivity index is 2.91. The Kier molecular flexibility index (Phi) is 6.33. The van der Waals surface area contributed by atoms with Gasteiger partial charge in [-0.05, 0) is 32.9 Å². The van der Waals surface area contributed by atoms with Gasteiger partial charge in [0.1, 0.15) is 5.84 Å². The third-order valence-corrected chi connectivity index (χ3v) is 3.04. The lowest BCUT2D eigenvalue weighted by Gasteiger charge is -2.20. The molecular weight excluding hydrogens is 266 g/mol. The molecule has 0 aromatic heterocycles. The molecule has 1 N–H and O–H groups in total. The molecule has 1 aromatic carbocycles. The molecule has 0 saturated carbocycles. The summed E-state index contributed by atoms with van der Waals surface area (Å²) in [5.74, 6) is -0.0393. The van der Waals surface area contributed by atoms with Gasteiger partial charge in [-0.15, -0.1) is 0 Å². The highest BCUT2D eigenvalue weighted by atomic mass is 16.2. The summed E-state index contributed by atoms with van der Waals surface area (Å²) in [4.78, 5) is 28.5. The Labute approximate surface area is 125 Å². The first-order chi connectivity index (χ1) is 9.95. The molecule has 1 aromatic rings. The van der Waals surface area contributed by atoms with E-state index in [1.54, 1.807) is 31.2 Å². The van der Waals surface area contributed by atoms with Gasteiger partial charge in [0.2, 0.25) is 6.41 Å². The number of aliphatic imine (C=N–C) groups is 1. The summed E-state index contributed by atoms with van der Waals surface area (Å²) in [5.41, 5.74) is 1.23. The van der Waals surface area contributed by atoms with E-state index in [2.05, 4.69) is 10.3 Å². The van der Waals surface area contributed by atoms with Crippen LogP contribution in [0.4, 0.5) is 0 Å². The number of carbonyl (C=O) groups excluding carboxylic acids is 2. The van der Waals surface area contributed by atoms with Gasteiger partial charge < -0.3 is 10.2 Å². The van der Waals surface area contributed by atoms with Gasteiger partial charge in [0.05, 0.1) is 0 Å². The standard InChI is InChI=1S/C16H21N3O2/c1-12(2)19(4)10-13(3)15(17-11-20)18-16(21)14-8-6-5-7-9-14/h5-12H,1-4H3,(H,17,18,20,21)/b13-10-. The molecule has 0 fully saturated rings. The quantitative estimate of drug-likeness (QED) is 0.513. The largest absolute Gasteiger partial charge is 0.378 e. The maximum absolute atomic E-state index is 12.1. The second kappa shape index (κ2) is 7.99. The van der Waals surface area contributed by atoms with Crippen LogP contribution in [-0.2, 0) is 4.79 Å². The topological polar surface area (TPSA) is 61.8 Å². The van der Waals surface area contributed by atoms with Crippen molar-refractivity contribution < 1.29 is 9.59 Å². The molecule has 0 bridgehead atoms. The number of hydrogen-bond acceptors (Lipinski definition) is 3. The van der Waals surface area contributed by atoms with E-state index in [-0.39, 0.29) is 11.7 Å². The van der Waals surface area contributed by atoms with Crippen LogP contribution in [0.5, 0.6) is 0 Å². The molecule has 0 heterocycles. The van der Waals surface area contributed by atoms with E-state index in [1.807, 2.05) is 38.1 Å². The molecule has 0 unspecified atom stereocenters. The highest BCUT2D eigenvalue weighted by Gasteiger charge is 2.11. The highest BCUT2D eigenvalue weighted by molar-refractivity contribution is 6.13. The van der Waals surface area contributed by atoms with Crippen molar-refractivity contribution in [2.24, 2.45) is 4.99 Å². The third-order valence-electron chi connectivity index (χ3n) is 3.04. The number of carbonyl (C=O) groups is 2. The first-order valence-electron chi connectivity index (χ1n) is 6.74. The second-order valence-corrected chi connectivity index (χ2v) is 4.97. The SMILES string of the molecule is CC(=C/N(C)C(C)C)/C(=N\C=O)NC(=O)c1ccccc1. The summed E-state index contributed by atoms with van der Waals surface area (Å²) < 4.78 is 0. The van der Waals surface area contributed by atoms with E-state index >= 15 is 0 Å². The fourth-order valence-corrected chi connectivity index (χ4v) is 1.57. The first-order valence-corrected chi connectivity index (χ1v) is 6.74. The molecule has 5 heteroatoms. The van der Waals surface area contributed by atoms with E-state index < -0.39 is 0 Å². The Hall–Kier alpha value is -2.43. The fraction of sp³-hybridized carbons (Fsp3) is 0.312. The summed E-state index contributed by atoms with van der Waals surface area (Å²) in [6.45, 7) is 5.89. The minimum atomic E-state index is -0.295. The third kappa shape index (κ3) is 5.22. The number of benzene rings is 1. The van der Waals surface area contributed by atoms with Crippen molar-refractivity contribution in [1.29, 1.82) is 0 Å². The van der Waals surface area contributed by atoms with Crippen LogP contribution in [0.15, 0.2) is 47.1 Å². The van der Waals surface area contributed by atoms with Gasteiger partial charge in [-0.1, -0.05) is 18.2 Å². The predicted octanol–water partition coefficient (Wildman–Crippen LogP) is 2.22. The Morgan fingerprint density at radius 2 is 1.90 bits per heavy atom. The lowest BCUT2D eigenvalue weighted by molar-refractivity contribution is -0.106. The molecule has 0 aliphatic heterocycles. The lowest BCUT2D eigenvalue weighted by Crippen LogP contribution is -2.32. The Morgan fingerprint density at radius 3 is 2.43 bits per heavy atom. The molecule has 1 rings (SSSR count). The summed E-state index contributed by atoms with van der Waals surface area (Å²) >= 11 is 0.